The molecule has 1 heterocycles. The van der Waals surface area contributed by atoms with Crippen LogP contribution in [-0.4, -0.2) is 39.2 Å². The number of hydrogen-bond donors (Lipinski definition) is 2. The van der Waals surface area contributed by atoms with Crippen molar-refractivity contribution in [2.45, 2.75) is 45.6 Å². The maximum absolute atomic E-state index is 10.7. The van der Waals surface area contributed by atoms with Gasteiger partial charge in [0.1, 0.15) is 18.1 Å². The van der Waals surface area contributed by atoms with Crippen LogP contribution in [-0.2, 0) is 22.5 Å². The Morgan fingerprint density at radius 2 is 1.67 bits per heavy atom. The number of hydrogen-bond acceptors (Lipinski definition) is 4. The Hall–Kier alpha value is -3.12. The third kappa shape index (κ3) is 5.63. The molecule has 2 N–H and O–H groups in total. The maximum Gasteiger partial charge on any atom is 0.329 e. The normalized spacial score (nSPS) is 18.3. The van der Waals surface area contributed by atoms with Crippen molar-refractivity contribution < 1.29 is 19.7 Å². The third-order valence-electron chi connectivity index (χ3n) is 6.57. The van der Waals surface area contributed by atoms with Crippen molar-refractivity contribution in [3.63, 3.8) is 0 Å². The van der Waals surface area contributed by atoms with E-state index < -0.39 is 5.97 Å². The van der Waals surface area contributed by atoms with Crippen LogP contribution in [0, 0.1) is 11.8 Å². The second-order valence-electron chi connectivity index (χ2n) is 8.91. The summed E-state index contributed by atoms with van der Waals surface area (Å²) in [6, 6.07) is 17.7. The van der Waals surface area contributed by atoms with Crippen LogP contribution in [0.25, 0.3) is 22.4 Å². The van der Waals surface area contributed by atoms with Gasteiger partial charge in [-0.05, 0) is 73.8 Å². The van der Waals surface area contributed by atoms with E-state index >= 15 is 0 Å². The quantitative estimate of drug-likeness (QED) is 0.458. The summed E-state index contributed by atoms with van der Waals surface area (Å²) < 4.78 is 7.51. The first-order valence-corrected chi connectivity index (χ1v) is 11.8. The molecule has 1 saturated carbocycles. The maximum atomic E-state index is 10.7. The van der Waals surface area contributed by atoms with Crippen molar-refractivity contribution >= 4 is 5.97 Å². The topological polar surface area (TPSA) is 84.6 Å². The van der Waals surface area contributed by atoms with E-state index in [1.54, 1.807) is 12.1 Å². The smallest absolute Gasteiger partial charge is 0.329 e. The Labute approximate surface area is 194 Å². The molecule has 0 spiro atoms. The zero-order chi connectivity index (χ0) is 23.2. The third-order valence-corrected chi connectivity index (χ3v) is 6.57. The summed E-state index contributed by atoms with van der Waals surface area (Å²) in [4.78, 5) is 10.7. The Kier molecular flexibility index (Phi) is 7.45. The van der Waals surface area contributed by atoms with Gasteiger partial charge < -0.3 is 14.9 Å². The Balaban J connectivity index is 1.55. The van der Waals surface area contributed by atoms with Crippen LogP contribution in [0.1, 0.15) is 38.3 Å². The summed E-state index contributed by atoms with van der Waals surface area (Å²) in [5, 5.41) is 23.6. The lowest BCUT2D eigenvalue weighted by Crippen LogP contribution is -2.23. The highest BCUT2D eigenvalue weighted by molar-refractivity contribution is 5.83. The minimum Gasteiger partial charge on any atom is -0.508 e. The fourth-order valence-corrected chi connectivity index (χ4v) is 4.87. The minimum absolute atomic E-state index is 0.213. The van der Waals surface area contributed by atoms with E-state index in [4.69, 9.17) is 14.9 Å². The summed E-state index contributed by atoms with van der Waals surface area (Å²) in [6.07, 6.45) is 5.19. The van der Waals surface area contributed by atoms with Gasteiger partial charge in [0.2, 0.25) is 0 Å². The number of benzene rings is 2. The second-order valence-corrected chi connectivity index (χ2v) is 8.91. The summed E-state index contributed by atoms with van der Waals surface area (Å²) >= 11 is 0. The molecule has 174 valence electrons. The highest BCUT2D eigenvalue weighted by atomic mass is 16.5. The largest absolute Gasteiger partial charge is 0.508 e. The first kappa shape index (κ1) is 23.1. The van der Waals surface area contributed by atoms with E-state index in [9.17, 15) is 9.90 Å². The molecule has 0 amide bonds. The van der Waals surface area contributed by atoms with Gasteiger partial charge >= 0.3 is 5.97 Å². The number of rotatable bonds is 9. The lowest BCUT2D eigenvalue weighted by molar-refractivity contribution is -0.142. The molecule has 0 bridgehead atoms. The first-order valence-electron chi connectivity index (χ1n) is 11.8. The number of carbonyl (C=O) groups is 1. The number of carboxylic acid groups (broad SMARTS) is 1. The predicted molar refractivity (Wildman–Crippen MR) is 128 cm³/mol. The first-order chi connectivity index (χ1) is 16.0. The van der Waals surface area contributed by atoms with Crippen molar-refractivity contribution in [2.24, 2.45) is 11.8 Å². The molecule has 4 rings (SSSR count). The number of carboxylic acids is 1. The van der Waals surface area contributed by atoms with Crippen LogP contribution in [0.4, 0.5) is 0 Å². The summed E-state index contributed by atoms with van der Waals surface area (Å²) in [6.45, 7) is 3.38. The van der Waals surface area contributed by atoms with E-state index in [-0.39, 0.29) is 12.4 Å². The molecule has 0 radical (unpaired) electrons. The molecular formula is C27H32N2O4. The van der Waals surface area contributed by atoms with Crippen molar-refractivity contribution in [3.05, 3.63) is 60.3 Å². The van der Waals surface area contributed by atoms with Gasteiger partial charge in [-0.1, -0.05) is 37.3 Å². The molecule has 6 heteroatoms. The van der Waals surface area contributed by atoms with Crippen LogP contribution in [0.3, 0.4) is 0 Å². The van der Waals surface area contributed by atoms with Gasteiger partial charge in [0.15, 0.2) is 0 Å². The molecule has 0 unspecified atom stereocenters. The zero-order valence-electron chi connectivity index (χ0n) is 19.1. The number of aromatic hydroxyl groups is 1. The van der Waals surface area contributed by atoms with E-state index in [1.807, 2.05) is 18.2 Å². The van der Waals surface area contributed by atoms with E-state index in [0.717, 1.165) is 55.5 Å². The average Bonchev–Trinajstić information content (AvgIpc) is 3.19. The van der Waals surface area contributed by atoms with Crippen LogP contribution in [0.2, 0.25) is 0 Å². The average molecular weight is 449 g/mol. The molecule has 1 aliphatic rings. The van der Waals surface area contributed by atoms with Crippen LogP contribution in [0.15, 0.2) is 54.6 Å². The van der Waals surface area contributed by atoms with E-state index in [2.05, 4.69) is 35.9 Å². The SMILES string of the molecule is CCc1c(-c2ccccc2)c(-c2ccc(O)cc2)nn1CC1CCC(COCC(=O)O)CC1. The lowest BCUT2D eigenvalue weighted by Gasteiger charge is -2.28. The molecule has 6 nitrogen and oxygen atoms in total. The highest BCUT2D eigenvalue weighted by Gasteiger charge is 2.25. The molecule has 3 aromatic rings. The van der Waals surface area contributed by atoms with Gasteiger partial charge in [-0.25, -0.2) is 4.79 Å². The number of ether oxygens (including phenoxy) is 1. The molecule has 33 heavy (non-hydrogen) atoms. The fraction of sp³-hybridized carbons (Fsp3) is 0.407. The summed E-state index contributed by atoms with van der Waals surface area (Å²) in [5.41, 5.74) is 5.51. The highest BCUT2D eigenvalue weighted by Crippen LogP contribution is 2.37. The number of phenolic OH excluding ortho intramolecular Hbond substituents is 1. The Bertz CT molecular complexity index is 1050. The Morgan fingerprint density at radius 1 is 1.00 bits per heavy atom. The number of aromatic nitrogens is 2. The molecule has 1 aromatic heterocycles. The molecule has 0 saturated heterocycles. The van der Waals surface area contributed by atoms with Crippen molar-refractivity contribution in [1.29, 1.82) is 0 Å². The van der Waals surface area contributed by atoms with Gasteiger partial charge in [-0.2, -0.15) is 5.10 Å². The Morgan fingerprint density at radius 3 is 2.30 bits per heavy atom. The molecule has 2 aromatic carbocycles. The van der Waals surface area contributed by atoms with Crippen LogP contribution in [0.5, 0.6) is 5.75 Å². The van der Waals surface area contributed by atoms with E-state index in [1.165, 1.54) is 11.3 Å². The standard InChI is InChI=1S/C27H32N2O4/c1-2-24-26(21-6-4-3-5-7-21)27(22-12-14-23(30)15-13-22)28-29(24)16-19-8-10-20(11-9-19)17-33-18-25(31)32/h3-7,12-15,19-20,30H,2,8-11,16-18H2,1H3,(H,31,32). The molecular weight excluding hydrogens is 416 g/mol. The van der Waals surface area contributed by atoms with Gasteiger partial charge in [0, 0.05) is 23.4 Å². The van der Waals surface area contributed by atoms with Crippen LogP contribution < -0.4 is 0 Å². The summed E-state index contributed by atoms with van der Waals surface area (Å²) in [5.74, 6) is 0.325. The van der Waals surface area contributed by atoms with Gasteiger partial charge in [0.05, 0.1) is 6.61 Å². The monoisotopic (exact) mass is 448 g/mol. The van der Waals surface area contributed by atoms with Gasteiger partial charge in [0.25, 0.3) is 0 Å². The number of nitrogens with zero attached hydrogens (tertiary/aromatic N) is 2. The van der Waals surface area contributed by atoms with Gasteiger partial charge in [-0.3, -0.25) is 4.68 Å². The van der Waals surface area contributed by atoms with Crippen LogP contribution >= 0.6 is 0 Å². The molecule has 0 aliphatic heterocycles. The van der Waals surface area contributed by atoms with Crippen molar-refractivity contribution in [3.8, 4) is 28.1 Å². The van der Waals surface area contributed by atoms with Crippen molar-refractivity contribution in [1.82, 2.24) is 9.78 Å². The van der Waals surface area contributed by atoms with Gasteiger partial charge in [-0.15, -0.1) is 0 Å². The molecule has 1 fully saturated rings. The zero-order valence-corrected chi connectivity index (χ0v) is 19.1. The minimum atomic E-state index is -0.909. The summed E-state index contributed by atoms with van der Waals surface area (Å²) in [7, 11) is 0. The number of aliphatic carboxylic acids is 1. The lowest BCUT2D eigenvalue weighted by atomic mass is 9.82. The fourth-order valence-electron chi connectivity index (χ4n) is 4.87. The van der Waals surface area contributed by atoms with Crippen molar-refractivity contribution in [2.75, 3.05) is 13.2 Å². The molecule has 1 aliphatic carbocycles. The number of phenols is 1. The second kappa shape index (κ2) is 10.7. The molecule has 0 atom stereocenters. The predicted octanol–water partition coefficient (Wildman–Crippen LogP) is 5.39. The van der Waals surface area contributed by atoms with E-state index in [0.29, 0.717) is 18.4 Å².